The summed E-state index contributed by atoms with van der Waals surface area (Å²) >= 11 is 0. The molecule has 1 amide bonds. The van der Waals surface area contributed by atoms with Gasteiger partial charge in [-0.05, 0) is 73.2 Å². The van der Waals surface area contributed by atoms with Crippen molar-refractivity contribution in [3.63, 3.8) is 0 Å². The Balaban J connectivity index is 1.44. The van der Waals surface area contributed by atoms with E-state index in [4.69, 9.17) is 5.26 Å². The van der Waals surface area contributed by atoms with Crippen molar-refractivity contribution < 1.29 is 13.2 Å². The van der Waals surface area contributed by atoms with Crippen molar-refractivity contribution in [2.75, 3.05) is 26.2 Å². The molecule has 2 aliphatic rings. The van der Waals surface area contributed by atoms with E-state index in [1.807, 2.05) is 18.2 Å². The summed E-state index contributed by atoms with van der Waals surface area (Å²) in [6.45, 7) is 1.26. The molecular weight excluding hydrogens is 386 g/mol. The Labute approximate surface area is 171 Å². The molecular formula is C22H23N3O3S. The zero-order valence-electron chi connectivity index (χ0n) is 16.2. The smallest absolute Gasteiger partial charge is 0.253 e. The van der Waals surface area contributed by atoms with E-state index in [0.29, 0.717) is 29.1 Å². The third kappa shape index (κ3) is 3.91. The van der Waals surface area contributed by atoms with Crippen LogP contribution in [0.25, 0.3) is 0 Å². The van der Waals surface area contributed by atoms with Crippen LogP contribution in [0.3, 0.4) is 0 Å². The van der Waals surface area contributed by atoms with Gasteiger partial charge < -0.3 is 4.90 Å². The first-order valence-electron chi connectivity index (χ1n) is 9.90. The molecule has 0 radical (unpaired) electrons. The predicted octanol–water partition coefficient (Wildman–Crippen LogP) is 2.58. The predicted molar refractivity (Wildman–Crippen MR) is 109 cm³/mol. The molecule has 1 fully saturated rings. The van der Waals surface area contributed by atoms with Gasteiger partial charge in [0.1, 0.15) is 0 Å². The standard InChI is InChI=1S/C22H23N3O3S/c23-16-17-5-7-19(8-6-17)22(26)24-11-13-25(14-12-24)29(27,28)21-10-9-18-3-1-2-4-20(18)15-21/h5-10,15H,1-4,11-14H2. The van der Waals surface area contributed by atoms with Gasteiger partial charge in [0.05, 0.1) is 16.5 Å². The fraction of sp³-hybridized carbons (Fsp3) is 0.364. The summed E-state index contributed by atoms with van der Waals surface area (Å²) in [7, 11) is -3.56. The van der Waals surface area contributed by atoms with Crippen molar-refractivity contribution in [1.82, 2.24) is 9.21 Å². The molecule has 1 heterocycles. The normalized spacial score (nSPS) is 17.4. The van der Waals surface area contributed by atoms with Gasteiger partial charge in [0.15, 0.2) is 0 Å². The van der Waals surface area contributed by atoms with Crippen molar-refractivity contribution in [3.05, 3.63) is 64.7 Å². The third-order valence-electron chi connectivity index (χ3n) is 5.74. The van der Waals surface area contributed by atoms with Crippen LogP contribution >= 0.6 is 0 Å². The number of aryl methyl sites for hydroxylation is 2. The summed E-state index contributed by atoms with van der Waals surface area (Å²) in [6.07, 6.45) is 4.22. The molecule has 0 bridgehead atoms. The minimum atomic E-state index is -3.56. The molecule has 4 rings (SSSR count). The number of amides is 1. The van der Waals surface area contributed by atoms with Crippen LogP contribution in [0.15, 0.2) is 47.4 Å². The Kier molecular flexibility index (Phi) is 5.39. The fourth-order valence-corrected chi connectivity index (χ4v) is 5.49. The van der Waals surface area contributed by atoms with Gasteiger partial charge in [0.25, 0.3) is 5.91 Å². The molecule has 0 N–H and O–H groups in total. The SMILES string of the molecule is N#Cc1ccc(C(=O)N2CCN(S(=O)(=O)c3ccc4c(c3)CCCC4)CC2)cc1. The van der Waals surface area contributed by atoms with Crippen LogP contribution in [0.4, 0.5) is 0 Å². The molecule has 150 valence electrons. The largest absolute Gasteiger partial charge is 0.336 e. The minimum absolute atomic E-state index is 0.139. The first kappa shape index (κ1) is 19.6. The average molecular weight is 410 g/mol. The number of fused-ring (bicyclic) bond motifs is 1. The number of hydrogen-bond donors (Lipinski definition) is 0. The molecule has 0 spiro atoms. The van der Waals surface area contributed by atoms with Crippen LogP contribution in [0.1, 0.15) is 39.9 Å². The van der Waals surface area contributed by atoms with Gasteiger partial charge in [0, 0.05) is 31.7 Å². The highest BCUT2D eigenvalue weighted by Gasteiger charge is 2.31. The highest BCUT2D eigenvalue weighted by molar-refractivity contribution is 7.89. The highest BCUT2D eigenvalue weighted by atomic mass is 32.2. The van der Waals surface area contributed by atoms with Crippen molar-refractivity contribution in [2.45, 2.75) is 30.6 Å². The zero-order chi connectivity index (χ0) is 20.4. The summed E-state index contributed by atoms with van der Waals surface area (Å²) in [5.74, 6) is -0.139. The van der Waals surface area contributed by atoms with E-state index in [1.165, 1.54) is 9.87 Å². The average Bonchev–Trinajstić information content (AvgIpc) is 2.78. The van der Waals surface area contributed by atoms with Gasteiger partial charge >= 0.3 is 0 Å². The van der Waals surface area contributed by atoms with E-state index in [9.17, 15) is 13.2 Å². The second-order valence-electron chi connectivity index (χ2n) is 7.52. The fourth-order valence-electron chi connectivity index (χ4n) is 4.02. The number of nitrogens with zero attached hydrogens (tertiary/aromatic N) is 3. The van der Waals surface area contributed by atoms with Crippen LogP contribution in [0, 0.1) is 11.3 Å². The minimum Gasteiger partial charge on any atom is -0.336 e. The van der Waals surface area contributed by atoms with Gasteiger partial charge in [0.2, 0.25) is 10.0 Å². The maximum atomic E-state index is 13.1. The van der Waals surface area contributed by atoms with E-state index in [2.05, 4.69) is 0 Å². The molecule has 0 unspecified atom stereocenters. The first-order valence-corrected chi connectivity index (χ1v) is 11.3. The summed E-state index contributed by atoms with van der Waals surface area (Å²) in [6, 6.07) is 14.0. The quantitative estimate of drug-likeness (QED) is 0.780. The number of benzene rings is 2. The molecule has 1 aliphatic heterocycles. The summed E-state index contributed by atoms with van der Waals surface area (Å²) in [4.78, 5) is 14.7. The monoisotopic (exact) mass is 409 g/mol. The van der Waals surface area contributed by atoms with Crippen LogP contribution in [-0.4, -0.2) is 49.7 Å². The number of carbonyl (C=O) groups excluding carboxylic acids is 1. The number of carbonyl (C=O) groups is 1. The molecule has 1 saturated heterocycles. The third-order valence-corrected chi connectivity index (χ3v) is 7.64. The Morgan fingerprint density at radius 1 is 0.897 bits per heavy atom. The maximum Gasteiger partial charge on any atom is 0.253 e. The first-order chi connectivity index (χ1) is 14.0. The Morgan fingerprint density at radius 2 is 1.55 bits per heavy atom. The molecule has 1 aliphatic carbocycles. The summed E-state index contributed by atoms with van der Waals surface area (Å²) in [5, 5.41) is 8.87. The van der Waals surface area contributed by atoms with E-state index < -0.39 is 10.0 Å². The summed E-state index contributed by atoms with van der Waals surface area (Å²) < 4.78 is 27.6. The number of nitriles is 1. The molecule has 7 heteroatoms. The second kappa shape index (κ2) is 7.97. The lowest BCUT2D eigenvalue weighted by Crippen LogP contribution is -2.50. The van der Waals surface area contributed by atoms with Crippen LogP contribution in [0.5, 0.6) is 0 Å². The van der Waals surface area contributed by atoms with Gasteiger partial charge in [-0.1, -0.05) is 6.07 Å². The van der Waals surface area contributed by atoms with E-state index in [-0.39, 0.29) is 19.0 Å². The van der Waals surface area contributed by atoms with Crippen LogP contribution in [-0.2, 0) is 22.9 Å². The molecule has 0 aromatic heterocycles. The number of rotatable bonds is 3. The molecule has 2 aromatic rings. The highest BCUT2D eigenvalue weighted by Crippen LogP contribution is 2.26. The number of hydrogen-bond acceptors (Lipinski definition) is 4. The second-order valence-corrected chi connectivity index (χ2v) is 9.46. The van der Waals surface area contributed by atoms with Crippen molar-refractivity contribution in [3.8, 4) is 6.07 Å². The maximum absolute atomic E-state index is 13.1. The van der Waals surface area contributed by atoms with E-state index in [1.54, 1.807) is 35.2 Å². The van der Waals surface area contributed by atoms with Gasteiger partial charge in [-0.3, -0.25) is 4.79 Å². The lowest BCUT2D eigenvalue weighted by molar-refractivity contribution is 0.0698. The van der Waals surface area contributed by atoms with Crippen LogP contribution < -0.4 is 0 Å². The Morgan fingerprint density at radius 3 is 2.21 bits per heavy atom. The molecule has 6 nitrogen and oxygen atoms in total. The topological polar surface area (TPSA) is 81.5 Å². The van der Waals surface area contributed by atoms with Crippen LogP contribution in [0.2, 0.25) is 0 Å². The number of piperazine rings is 1. The van der Waals surface area contributed by atoms with Gasteiger partial charge in [-0.2, -0.15) is 9.57 Å². The zero-order valence-corrected chi connectivity index (χ0v) is 17.0. The van der Waals surface area contributed by atoms with Crippen molar-refractivity contribution in [2.24, 2.45) is 0 Å². The number of sulfonamides is 1. The molecule has 0 atom stereocenters. The summed E-state index contributed by atoms with van der Waals surface area (Å²) in [5.41, 5.74) is 3.41. The van der Waals surface area contributed by atoms with E-state index in [0.717, 1.165) is 31.2 Å². The Bertz CT molecular complexity index is 1060. The lowest BCUT2D eigenvalue weighted by atomic mass is 9.92. The molecule has 2 aromatic carbocycles. The Hall–Kier alpha value is -2.69. The van der Waals surface area contributed by atoms with Crippen molar-refractivity contribution >= 4 is 15.9 Å². The lowest BCUT2D eigenvalue weighted by Gasteiger charge is -2.34. The van der Waals surface area contributed by atoms with E-state index >= 15 is 0 Å². The molecule has 0 saturated carbocycles. The van der Waals surface area contributed by atoms with Crippen molar-refractivity contribution in [1.29, 1.82) is 5.26 Å². The molecule has 29 heavy (non-hydrogen) atoms. The van der Waals surface area contributed by atoms with Gasteiger partial charge in [-0.25, -0.2) is 8.42 Å². The van der Waals surface area contributed by atoms with Gasteiger partial charge in [-0.15, -0.1) is 0 Å².